The van der Waals surface area contributed by atoms with Gasteiger partial charge in [-0.25, -0.2) is 0 Å². The van der Waals surface area contributed by atoms with Crippen molar-refractivity contribution in [3.63, 3.8) is 0 Å². The molecule has 1 saturated carbocycles. The molecule has 0 bridgehead atoms. The molecule has 0 radical (unpaired) electrons. The number of carboxylic acid groups (broad SMARTS) is 1. The largest absolute Gasteiger partial charge is 0.481 e. The van der Waals surface area contributed by atoms with Gasteiger partial charge in [0.05, 0.1) is 6.61 Å². The van der Waals surface area contributed by atoms with Gasteiger partial charge >= 0.3 is 5.97 Å². The molecule has 16 heavy (non-hydrogen) atoms. The number of aliphatic hydroxyl groups is 3. The van der Waals surface area contributed by atoms with Crippen LogP contribution in [-0.4, -0.2) is 51.5 Å². The quantitative estimate of drug-likeness (QED) is 0.465. The van der Waals surface area contributed by atoms with Gasteiger partial charge in [-0.2, -0.15) is 0 Å². The van der Waals surface area contributed by atoms with Crippen molar-refractivity contribution in [1.29, 1.82) is 0 Å². The lowest BCUT2D eigenvalue weighted by Gasteiger charge is -2.20. The van der Waals surface area contributed by atoms with Gasteiger partial charge in [-0.05, 0) is 12.3 Å². The summed E-state index contributed by atoms with van der Waals surface area (Å²) in [5.74, 6) is -3.39. The van der Waals surface area contributed by atoms with Crippen molar-refractivity contribution in [1.82, 2.24) is 0 Å². The van der Waals surface area contributed by atoms with E-state index in [1.807, 2.05) is 0 Å². The van der Waals surface area contributed by atoms with Crippen molar-refractivity contribution in [2.45, 2.75) is 18.9 Å². The third-order valence-corrected chi connectivity index (χ3v) is 3.23. The number of ketones is 1. The summed E-state index contributed by atoms with van der Waals surface area (Å²) in [6, 6.07) is 0. The molecule has 0 aromatic heterocycles. The number of aliphatic hydroxyl groups excluding tert-OH is 3. The minimum atomic E-state index is -1.29. The van der Waals surface area contributed by atoms with Crippen molar-refractivity contribution in [2.75, 3.05) is 13.2 Å². The molecule has 0 aromatic rings. The van der Waals surface area contributed by atoms with Crippen molar-refractivity contribution < 1.29 is 30.0 Å². The zero-order valence-corrected chi connectivity index (χ0v) is 8.74. The zero-order chi connectivity index (χ0) is 12.3. The van der Waals surface area contributed by atoms with Gasteiger partial charge in [-0.3, -0.25) is 9.59 Å². The molecule has 1 aliphatic carbocycles. The van der Waals surface area contributed by atoms with Gasteiger partial charge < -0.3 is 20.4 Å². The molecule has 6 nitrogen and oxygen atoms in total. The van der Waals surface area contributed by atoms with E-state index in [-0.39, 0.29) is 19.4 Å². The van der Waals surface area contributed by atoms with Gasteiger partial charge in [-0.15, -0.1) is 0 Å². The van der Waals surface area contributed by atoms with Crippen LogP contribution in [0.2, 0.25) is 0 Å². The normalized spacial score (nSPS) is 34.3. The highest BCUT2D eigenvalue weighted by molar-refractivity contribution is 5.88. The number of rotatable bonds is 5. The van der Waals surface area contributed by atoms with Gasteiger partial charge in [0.15, 0.2) is 5.78 Å². The number of carbonyl (C=O) groups is 2. The van der Waals surface area contributed by atoms with Crippen LogP contribution >= 0.6 is 0 Å². The Morgan fingerprint density at radius 3 is 2.25 bits per heavy atom. The number of aliphatic carboxylic acids is 1. The van der Waals surface area contributed by atoms with Crippen molar-refractivity contribution >= 4 is 11.8 Å². The van der Waals surface area contributed by atoms with E-state index in [1.165, 1.54) is 0 Å². The Morgan fingerprint density at radius 1 is 1.19 bits per heavy atom. The monoisotopic (exact) mass is 232 g/mol. The topological polar surface area (TPSA) is 115 Å². The number of hydrogen-bond donors (Lipinski definition) is 4. The van der Waals surface area contributed by atoms with Crippen LogP contribution in [0.4, 0.5) is 0 Å². The first-order valence-electron chi connectivity index (χ1n) is 5.18. The molecule has 0 aromatic carbocycles. The van der Waals surface area contributed by atoms with Crippen LogP contribution in [0.1, 0.15) is 12.8 Å². The fraction of sp³-hybridized carbons (Fsp3) is 0.800. The Hall–Kier alpha value is -0.980. The number of Topliss-reactive ketones (excluding diaryl/α,β-unsaturated/α-hetero) is 1. The van der Waals surface area contributed by atoms with Gasteiger partial charge in [-0.1, -0.05) is 0 Å². The predicted octanol–water partition coefficient (Wildman–Crippen LogP) is -1.37. The Morgan fingerprint density at radius 2 is 1.81 bits per heavy atom. The minimum absolute atomic E-state index is 0.141. The van der Waals surface area contributed by atoms with Crippen LogP contribution in [0.25, 0.3) is 0 Å². The molecular weight excluding hydrogens is 216 g/mol. The maximum Gasteiger partial charge on any atom is 0.303 e. The number of hydrogen-bond acceptors (Lipinski definition) is 5. The Kier molecular flexibility index (Phi) is 4.40. The second-order valence-corrected chi connectivity index (χ2v) is 4.08. The van der Waals surface area contributed by atoms with E-state index in [2.05, 4.69) is 0 Å². The second-order valence-electron chi connectivity index (χ2n) is 4.08. The third-order valence-electron chi connectivity index (χ3n) is 3.23. The van der Waals surface area contributed by atoms with Gasteiger partial charge in [0, 0.05) is 24.9 Å². The van der Waals surface area contributed by atoms with Crippen LogP contribution in [0, 0.1) is 17.8 Å². The van der Waals surface area contributed by atoms with E-state index < -0.39 is 42.2 Å². The number of carbonyl (C=O) groups excluding carboxylic acids is 1. The molecule has 0 amide bonds. The molecule has 0 saturated heterocycles. The van der Waals surface area contributed by atoms with Crippen LogP contribution < -0.4 is 0 Å². The molecule has 0 heterocycles. The van der Waals surface area contributed by atoms with Gasteiger partial charge in [0.1, 0.15) is 6.10 Å². The summed E-state index contributed by atoms with van der Waals surface area (Å²) in [6.45, 7) is -0.801. The molecule has 4 N–H and O–H groups in total. The van der Waals surface area contributed by atoms with E-state index in [9.17, 15) is 14.7 Å². The highest BCUT2D eigenvalue weighted by Gasteiger charge is 2.48. The van der Waals surface area contributed by atoms with Crippen molar-refractivity contribution in [3.05, 3.63) is 0 Å². The van der Waals surface area contributed by atoms with Crippen LogP contribution in [0.5, 0.6) is 0 Å². The molecule has 1 rings (SSSR count). The average molecular weight is 232 g/mol. The van der Waals surface area contributed by atoms with Gasteiger partial charge in [0.2, 0.25) is 0 Å². The van der Waals surface area contributed by atoms with E-state index in [0.29, 0.717) is 0 Å². The lowest BCUT2D eigenvalue weighted by Crippen LogP contribution is -2.26. The summed E-state index contributed by atoms with van der Waals surface area (Å²) in [6.07, 6.45) is -1.26. The lowest BCUT2D eigenvalue weighted by molar-refractivity contribution is -0.137. The molecule has 6 heteroatoms. The Balaban J connectivity index is 2.75. The standard InChI is InChI=1S/C10H16O6/c11-3-6-5(1-2-8(13)14)7(4-12)10(16)9(6)15/h5-7,9,11-12,15H,1-4H2,(H,13,14)/t5?,6-,7-,9+/m0/s1. The van der Waals surface area contributed by atoms with E-state index >= 15 is 0 Å². The van der Waals surface area contributed by atoms with Crippen molar-refractivity contribution in [2.24, 2.45) is 17.8 Å². The molecule has 92 valence electrons. The van der Waals surface area contributed by atoms with Crippen LogP contribution in [-0.2, 0) is 9.59 Å². The first kappa shape index (κ1) is 13.1. The predicted molar refractivity (Wildman–Crippen MR) is 52.5 cm³/mol. The maximum absolute atomic E-state index is 11.5. The summed E-state index contributed by atoms with van der Waals surface area (Å²) < 4.78 is 0. The highest BCUT2D eigenvalue weighted by Crippen LogP contribution is 2.37. The van der Waals surface area contributed by atoms with Crippen molar-refractivity contribution in [3.8, 4) is 0 Å². The first-order valence-corrected chi connectivity index (χ1v) is 5.18. The maximum atomic E-state index is 11.5. The Bertz CT molecular complexity index is 276. The summed E-state index contributed by atoms with van der Waals surface area (Å²) in [5.41, 5.74) is 0. The first-order chi connectivity index (χ1) is 7.52. The molecule has 0 spiro atoms. The van der Waals surface area contributed by atoms with E-state index in [1.54, 1.807) is 0 Å². The van der Waals surface area contributed by atoms with Crippen LogP contribution in [0.15, 0.2) is 0 Å². The second kappa shape index (κ2) is 5.38. The number of carboxylic acids is 1. The average Bonchev–Trinajstić information content (AvgIpc) is 2.48. The summed E-state index contributed by atoms with van der Waals surface area (Å²) in [7, 11) is 0. The van der Waals surface area contributed by atoms with Crippen LogP contribution in [0.3, 0.4) is 0 Å². The lowest BCUT2D eigenvalue weighted by atomic mass is 9.86. The molecule has 4 atom stereocenters. The SMILES string of the molecule is O=C(O)CCC1[C@H](CO)C(=O)[C@H](O)[C@H]1CO. The third kappa shape index (κ3) is 2.40. The Labute approximate surface area is 92.5 Å². The molecule has 1 fully saturated rings. The summed E-state index contributed by atoms with van der Waals surface area (Å²) in [4.78, 5) is 21.9. The summed E-state index contributed by atoms with van der Waals surface area (Å²) >= 11 is 0. The minimum Gasteiger partial charge on any atom is -0.481 e. The fourth-order valence-electron chi connectivity index (χ4n) is 2.34. The van der Waals surface area contributed by atoms with E-state index in [0.717, 1.165) is 0 Å². The molecule has 1 aliphatic rings. The van der Waals surface area contributed by atoms with Gasteiger partial charge in [0.25, 0.3) is 0 Å². The molecule has 1 unspecified atom stereocenters. The summed E-state index contributed by atoms with van der Waals surface area (Å²) in [5, 5.41) is 36.2. The molecule has 0 aliphatic heterocycles. The molecular formula is C10H16O6. The fourth-order valence-corrected chi connectivity index (χ4v) is 2.34. The zero-order valence-electron chi connectivity index (χ0n) is 8.74. The smallest absolute Gasteiger partial charge is 0.303 e. The highest BCUT2D eigenvalue weighted by atomic mass is 16.4. The van der Waals surface area contributed by atoms with E-state index in [4.69, 9.17) is 15.3 Å².